The lowest BCUT2D eigenvalue weighted by Gasteiger charge is -2.16. The van der Waals surface area contributed by atoms with Gasteiger partial charge in [0.25, 0.3) is 5.69 Å². The summed E-state index contributed by atoms with van der Waals surface area (Å²) in [6.45, 7) is 3.63. The Hall–Kier alpha value is -2.64. The summed E-state index contributed by atoms with van der Waals surface area (Å²) in [6.07, 6.45) is 1.99. The quantitative estimate of drug-likeness (QED) is 0.407. The van der Waals surface area contributed by atoms with Crippen LogP contribution in [0.2, 0.25) is 0 Å². The molecule has 1 rings (SSSR count). The van der Waals surface area contributed by atoms with E-state index in [1.807, 2.05) is 6.92 Å². The summed E-state index contributed by atoms with van der Waals surface area (Å²) >= 11 is 0. The van der Waals surface area contributed by atoms with Gasteiger partial charge in [-0.25, -0.2) is 9.59 Å². The number of hydrogen-bond donors (Lipinski definition) is 2. The average molecular weight is 324 g/mol. The minimum absolute atomic E-state index is 0.0852. The Morgan fingerprint density at radius 2 is 2.09 bits per heavy atom. The Bertz CT molecular complexity index is 587. The van der Waals surface area contributed by atoms with Gasteiger partial charge in [-0.3, -0.25) is 10.1 Å². The van der Waals surface area contributed by atoms with E-state index in [1.165, 1.54) is 12.1 Å². The zero-order chi connectivity index (χ0) is 17.4. The van der Waals surface area contributed by atoms with Crippen LogP contribution in [0.25, 0.3) is 0 Å². The normalized spacial score (nSPS) is 11.6. The van der Waals surface area contributed by atoms with Crippen LogP contribution in [-0.4, -0.2) is 34.6 Å². The number of nitrogens with zero attached hydrogens (tertiary/aromatic N) is 1. The summed E-state index contributed by atoms with van der Waals surface area (Å²) in [5.41, 5.74) is -0.266. The summed E-state index contributed by atoms with van der Waals surface area (Å²) in [5.74, 6) is -1.84. The number of ether oxygens (including phenoxy) is 1. The predicted molar refractivity (Wildman–Crippen MR) is 83.6 cm³/mol. The molecule has 2 N–H and O–H groups in total. The first kappa shape index (κ1) is 18.4. The van der Waals surface area contributed by atoms with Gasteiger partial charge in [0.2, 0.25) is 0 Å². The number of anilines is 1. The number of carboxylic acid groups (broad SMARTS) is 1. The minimum Gasteiger partial charge on any atom is -0.480 e. The first-order valence-electron chi connectivity index (χ1n) is 7.35. The van der Waals surface area contributed by atoms with E-state index in [1.54, 1.807) is 6.92 Å². The fourth-order valence-corrected chi connectivity index (χ4v) is 2.02. The zero-order valence-electron chi connectivity index (χ0n) is 13.1. The molecular formula is C15H20N2O6. The van der Waals surface area contributed by atoms with Crippen LogP contribution in [0.15, 0.2) is 18.2 Å². The van der Waals surface area contributed by atoms with Gasteiger partial charge < -0.3 is 15.2 Å². The predicted octanol–water partition coefficient (Wildman–Crippen LogP) is 2.83. The fourth-order valence-electron chi connectivity index (χ4n) is 2.02. The van der Waals surface area contributed by atoms with Crippen LogP contribution in [0.4, 0.5) is 11.4 Å². The molecule has 0 aliphatic rings. The molecule has 0 radical (unpaired) electrons. The topological polar surface area (TPSA) is 119 Å². The molecule has 0 fully saturated rings. The summed E-state index contributed by atoms with van der Waals surface area (Å²) < 4.78 is 4.80. The lowest BCUT2D eigenvalue weighted by Crippen LogP contribution is -2.29. The van der Waals surface area contributed by atoms with Crippen LogP contribution in [0, 0.1) is 10.1 Å². The molecule has 0 aliphatic carbocycles. The SMILES string of the molecule is CCCCC(Nc1ccc([N+](=O)[O-])c(C(=O)OCC)c1)C(=O)O. The van der Waals surface area contributed by atoms with Gasteiger partial charge in [0, 0.05) is 11.8 Å². The molecular weight excluding hydrogens is 304 g/mol. The highest BCUT2D eigenvalue weighted by molar-refractivity contribution is 5.95. The van der Waals surface area contributed by atoms with Crippen LogP contribution >= 0.6 is 0 Å². The van der Waals surface area contributed by atoms with Gasteiger partial charge in [-0.2, -0.15) is 0 Å². The van der Waals surface area contributed by atoms with Crippen LogP contribution in [0.3, 0.4) is 0 Å². The molecule has 0 bridgehead atoms. The highest BCUT2D eigenvalue weighted by Crippen LogP contribution is 2.24. The highest BCUT2D eigenvalue weighted by atomic mass is 16.6. The van der Waals surface area contributed by atoms with Crippen LogP contribution < -0.4 is 5.32 Å². The number of aliphatic carboxylic acids is 1. The van der Waals surface area contributed by atoms with Crippen molar-refractivity contribution in [1.29, 1.82) is 0 Å². The number of nitro groups is 1. The minimum atomic E-state index is -1.02. The molecule has 1 atom stereocenters. The number of esters is 1. The summed E-state index contributed by atoms with van der Waals surface area (Å²) in [6, 6.07) is 2.96. The second-order valence-corrected chi connectivity index (χ2v) is 4.89. The molecule has 8 nitrogen and oxygen atoms in total. The van der Waals surface area contributed by atoms with E-state index in [2.05, 4.69) is 5.32 Å². The van der Waals surface area contributed by atoms with Crippen molar-refractivity contribution < 1.29 is 24.4 Å². The van der Waals surface area contributed by atoms with Crippen LogP contribution in [0.1, 0.15) is 43.5 Å². The van der Waals surface area contributed by atoms with Gasteiger partial charge in [0.1, 0.15) is 11.6 Å². The smallest absolute Gasteiger partial charge is 0.345 e. The Kier molecular flexibility index (Phi) is 6.98. The Morgan fingerprint density at radius 1 is 1.39 bits per heavy atom. The number of benzene rings is 1. The first-order valence-corrected chi connectivity index (χ1v) is 7.35. The lowest BCUT2D eigenvalue weighted by molar-refractivity contribution is -0.385. The molecule has 1 unspecified atom stereocenters. The van der Waals surface area contributed by atoms with Gasteiger partial charge in [-0.15, -0.1) is 0 Å². The monoisotopic (exact) mass is 324 g/mol. The maximum Gasteiger partial charge on any atom is 0.345 e. The van der Waals surface area contributed by atoms with Gasteiger partial charge in [0.05, 0.1) is 11.5 Å². The Balaban J connectivity index is 3.08. The lowest BCUT2D eigenvalue weighted by atomic mass is 10.1. The largest absolute Gasteiger partial charge is 0.480 e. The van der Waals surface area contributed by atoms with E-state index < -0.39 is 22.9 Å². The molecule has 0 amide bonds. The molecule has 1 aromatic carbocycles. The van der Waals surface area contributed by atoms with Gasteiger partial charge in [0.15, 0.2) is 0 Å². The zero-order valence-corrected chi connectivity index (χ0v) is 13.1. The molecule has 0 spiro atoms. The molecule has 0 saturated carbocycles. The van der Waals surface area contributed by atoms with E-state index in [0.717, 1.165) is 18.9 Å². The van der Waals surface area contributed by atoms with Crippen molar-refractivity contribution in [3.05, 3.63) is 33.9 Å². The number of carbonyl (C=O) groups is 2. The summed E-state index contributed by atoms with van der Waals surface area (Å²) in [4.78, 5) is 33.4. The van der Waals surface area contributed by atoms with E-state index in [0.29, 0.717) is 12.1 Å². The highest BCUT2D eigenvalue weighted by Gasteiger charge is 2.23. The van der Waals surface area contributed by atoms with Crippen molar-refractivity contribution in [2.45, 2.75) is 39.2 Å². The number of unbranched alkanes of at least 4 members (excludes halogenated alkanes) is 1. The second-order valence-electron chi connectivity index (χ2n) is 4.89. The molecule has 0 aromatic heterocycles. The standard InChI is InChI=1S/C15H20N2O6/c1-3-5-6-12(14(18)19)16-10-7-8-13(17(21)22)11(9-10)15(20)23-4-2/h7-9,12,16H,3-6H2,1-2H3,(H,18,19). The van der Waals surface area contributed by atoms with Crippen molar-refractivity contribution in [1.82, 2.24) is 0 Å². The third-order valence-electron chi connectivity index (χ3n) is 3.17. The third-order valence-corrected chi connectivity index (χ3v) is 3.17. The molecule has 0 heterocycles. The number of hydrogen-bond acceptors (Lipinski definition) is 6. The first-order chi connectivity index (χ1) is 10.9. The number of nitrogens with one attached hydrogen (secondary N) is 1. The number of carbonyl (C=O) groups excluding carboxylic acids is 1. The number of carboxylic acids is 1. The fraction of sp³-hybridized carbons (Fsp3) is 0.467. The molecule has 8 heteroatoms. The number of rotatable bonds is 9. The maximum absolute atomic E-state index is 11.8. The number of nitro benzene ring substituents is 1. The Labute approximate surface area is 133 Å². The average Bonchev–Trinajstić information content (AvgIpc) is 2.51. The molecule has 1 aromatic rings. The third kappa shape index (κ3) is 5.24. The van der Waals surface area contributed by atoms with E-state index in [-0.39, 0.29) is 17.9 Å². The maximum atomic E-state index is 11.8. The van der Waals surface area contributed by atoms with Crippen LogP contribution in [-0.2, 0) is 9.53 Å². The van der Waals surface area contributed by atoms with Gasteiger partial charge in [-0.05, 0) is 25.5 Å². The molecule has 126 valence electrons. The second kappa shape index (κ2) is 8.72. The Morgan fingerprint density at radius 3 is 2.61 bits per heavy atom. The van der Waals surface area contributed by atoms with Crippen molar-refractivity contribution in [3.63, 3.8) is 0 Å². The van der Waals surface area contributed by atoms with Crippen molar-refractivity contribution in [2.75, 3.05) is 11.9 Å². The van der Waals surface area contributed by atoms with E-state index in [4.69, 9.17) is 4.74 Å². The van der Waals surface area contributed by atoms with Gasteiger partial charge in [-0.1, -0.05) is 19.8 Å². The van der Waals surface area contributed by atoms with Crippen molar-refractivity contribution in [3.8, 4) is 0 Å². The van der Waals surface area contributed by atoms with Crippen LogP contribution in [0.5, 0.6) is 0 Å². The van der Waals surface area contributed by atoms with E-state index >= 15 is 0 Å². The molecule has 0 saturated heterocycles. The molecule has 0 aliphatic heterocycles. The van der Waals surface area contributed by atoms with E-state index in [9.17, 15) is 24.8 Å². The molecule has 23 heavy (non-hydrogen) atoms. The summed E-state index contributed by atoms with van der Waals surface area (Å²) in [7, 11) is 0. The van der Waals surface area contributed by atoms with Gasteiger partial charge >= 0.3 is 11.9 Å². The van der Waals surface area contributed by atoms with Crippen molar-refractivity contribution >= 4 is 23.3 Å². The summed E-state index contributed by atoms with van der Waals surface area (Å²) in [5, 5.41) is 23.0. The van der Waals surface area contributed by atoms with Crippen molar-refractivity contribution in [2.24, 2.45) is 0 Å².